The average Bonchev–Trinajstić information content (AvgIpc) is 2.83. The molecule has 1 aliphatic heterocycles. The van der Waals surface area contributed by atoms with Crippen molar-refractivity contribution in [3.8, 4) is 11.5 Å². The number of ether oxygens (including phenoxy) is 2. The van der Waals surface area contributed by atoms with E-state index in [0.29, 0.717) is 31.1 Å². The van der Waals surface area contributed by atoms with Crippen molar-refractivity contribution in [3.63, 3.8) is 0 Å². The summed E-state index contributed by atoms with van der Waals surface area (Å²) in [6.07, 6.45) is 2.16. The number of carbonyl (C=O) groups is 1. The van der Waals surface area contributed by atoms with Gasteiger partial charge in [0.15, 0.2) is 11.5 Å². The number of hydrogen-bond donors (Lipinski definition) is 1. The van der Waals surface area contributed by atoms with Crippen LogP contribution in [0.1, 0.15) is 38.6 Å². The number of rotatable bonds is 5. The molecule has 0 spiro atoms. The molecule has 22 heavy (non-hydrogen) atoms. The van der Waals surface area contributed by atoms with Gasteiger partial charge in [-0.05, 0) is 12.8 Å². The van der Waals surface area contributed by atoms with Crippen molar-refractivity contribution >= 4 is 17.0 Å². The summed E-state index contributed by atoms with van der Waals surface area (Å²) < 4.78 is 13.0. The molecule has 0 bridgehead atoms. The molecule has 0 amide bonds. The van der Waals surface area contributed by atoms with E-state index in [1.54, 1.807) is 0 Å². The summed E-state index contributed by atoms with van der Waals surface area (Å²) in [4.78, 5) is 16.2. The topological polar surface area (TPSA) is 73.6 Å². The highest BCUT2D eigenvalue weighted by atomic mass is 16.6. The number of imidazole rings is 1. The van der Waals surface area contributed by atoms with Crippen molar-refractivity contribution in [2.24, 2.45) is 0 Å². The van der Waals surface area contributed by atoms with Crippen LogP contribution in [0.3, 0.4) is 0 Å². The zero-order valence-corrected chi connectivity index (χ0v) is 12.8. The molecule has 0 saturated heterocycles. The van der Waals surface area contributed by atoms with Crippen LogP contribution in [0, 0.1) is 0 Å². The Labute approximate surface area is 128 Å². The zero-order valence-electron chi connectivity index (χ0n) is 12.8. The van der Waals surface area contributed by atoms with Crippen LogP contribution >= 0.6 is 0 Å². The third kappa shape index (κ3) is 2.38. The third-order valence-electron chi connectivity index (χ3n) is 3.88. The molecule has 6 nitrogen and oxygen atoms in total. The average molecular weight is 304 g/mol. The molecule has 1 aromatic carbocycles. The lowest BCUT2D eigenvalue weighted by molar-refractivity contribution is -0.140. The Bertz CT molecular complexity index is 708. The highest BCUT2D eigenvalue weighted by Gasteiger charge is 2.25. The molecular weight excluding hydrogens is 284 g/mol. The van der Waals surface area contributed by atoms with E-state index in [4.69, 9.17) is 9.47 Å². The SMILES string of the molecule is CCCc1nc2cc3c(cc2n1C(CC)C(=O)O)OCCO3. The molecule has 118 valence electrons. The van der Waals surface area contributed by atoms with Crippen molar-refractivity contribution in [2.45, 2.75) is 39.2 Å². The summed E-state index contributed by atoms with van der Waals surface area (Å²) in [7, 11) is 0. The van der Waals surface area contributed by atoms with Gasteiger partial charge in [-0.3, -0.25) is 0 Å². The molecule has 1 N–H and O–H groups in total. The van der Waals surface area contributed by atoms with Crippen LogP contribution in [0.5, 0.6) is 11.5 Å². The maximum Gasteiger partial charge on any atom is 0.326 e. The predicted molar refractivity (Wildman–Crippen MR) is 81.7 cm³/mol. The van der Waals surface area contributed by atoms with Crippen LogP contribution in [0.15, 0.2) is 12.1 Å². The van der Waals surface area contributed by atoms with Crippen LogP contribution in [-0.4, -0.2) is 33.8 Å². The molecule has 6 heteroatoms. The number of carboxylic acid groups (broad SMARTS) is 1. The maximum absolute atomic E-state index is 11.6. The number of carboxylic acids is 1. The van der Waals surface area contributed by atoms with Gasteiger partial charge in [0.05, 0.1) is 11.0 Å². The minimum atomic E-state index is -0.839. The van der Waals surface area contributed by atoms with E-state index in [9.17, 15) is 9.90 Å². The minimum absolute atomic E-state index is 0.505. The molecule has 0 aliphatic carbocycles. The van der Waals surface area contributed by atoms with Crippen molar-refractivity contribution in [1.29, 1.82) is 0 Å². The summed E-state index contributed by atoms with van der Waals surface area (Å²) >= 11 is 0. The molecular formula is C16H20N2O4. The van der Waals surface area contributed by atoms with E-state index in [1.165, 1.54) is 0 Å². The molecule has 1 aliphatic rings. The number of nitrogens with zero attached hydrogens (tertiary/aromatic N) is 2. The molecule has 2 heterocycles. The highest BCUT2D eigenvalue weighted by molar-refractivity contribution is 5.83. The highest BCUT2D eigenvalue weighted by Crippen LogP contribution is 2.36. The summed E-state index contributed by atoms with van der Waals surface area (Å²) in [6.45, 7) is 4.96. The van der Waals surface area contributed by atoms with Crippen molar-refractivity contribution < 1.29 is 19.4 Å². The standard InChI is InChI=1S/C16H20N2O4/c1-3-5-15-17-10-8-13-14(22-7-6-21-13)9-12(10)18(15)11(4-2)16(19)20/h8-9,11H,3-7H2,1-2H3,(H,19,20). The second-order valence-electron chi connectivity index (χ2n) is 5.39. The Morgan fingerprint density at radius 1 is 1.32 bits per heavy atom. The number of fused-ring (bicyclic) bond motifs is 2. The van der Waals surface area contributed by atoms with Crippen LogP contribution in [0.4, 0.5) is 0 Å². The quantitative estimate of drug-likeness (QED) is 0.919. The van der Waals surface area contributed by atoms with Crippen LogP contribution in [0.25, 0.3) is 11.0 Å². The molecule has 2 aromatic rings. The Balaban J connectivity index is 2.21. The molecule has 3 rings (SSSR count). The number of benzene rings is 1. The fraction of sp³-hybridized carbons (Fsp3) is 0.500. The first kappa shape index (κ1) is 14.7. The van der Waals surface area contributed by atoms with Gasteiger partial charge in [0.1, 0.15) is 25.1 Å². The summed E-state index contributed by atoms with van der Waals surface area (Å²) in [5.41, 5.74) is 1.55. The van der Waals surface area contributed by atoms with Gasteiger partial charge in [0, 0.05) is 18.6 Å². The minimum Gasteiger partial charge on any atom is -0.486 e. The predicted octanol–water partition coefficient (Wildman–Crippen LogP) is 2.80. The van der Waals surface area contributed by atoms with E-state index in [1.807, 2.05) is 23.6 Å². The lowest BCUT2D eigenvalue weighted by Gasteiger charge is -2.19. The van der Waals surface area contributed by atoms with Crippen LogP contribution in [-0.2, 0) is 11.2 Å². The smallest absolute Gasteiger partial charge is 0.326 e. The Morgan fingerprint density at radius 3 is 2.59 bits per heavy atom. The van der Waals surface area contributed by atoms with Gasteiger partial charge in [0.2, 0.25) is 0 Å². The van der Waals surface area contributed by atoms with Gasteiger partial charge in [-0.15, -0.1) is 0 Å². The summed E-state index contributed by atoms with van der Waals surface area (Å²) in [5, 5.41) is 9.53. The van der Waals surface area contributed by atoms with E-state index < -0.39 is 12.0 Å². The molecule has 0 fully saturated rings. The first-order valence-electron chi connectivity index (χ1n) is 7.69. The van der Waals surface area contributed by atoms with E-state index in [-0.39, 0.29) is 0 Å². The fourth-order valence-electron chi connectivity index (χ4n) is 2.90. The van der Waals surface area contributed by atoms with Crippen molar-refractivity contribution in [1.82, 2.24) is 9.55 Å². The molecule has 1 unspecified atom stereocenters. The third-order valence-corrected chi connectivity index (χ3v) is 3.88. The first-order valence-corrected chi connectivity index (χ1v) is 7.69. The second kappa shape index (κ2) is 5.87. The van der Waals surface area contributed by atoms with Gasteiger partial charge in [-0.2, -0.15) is 0 Å². The second-order valence-corrected chi connectivity index (χ2v) is 5.39. The van der Waals surface area contributed by atoms with Crippen molar-refractivity contribution in [2.75, 3.05) is 13.2 Å². The molecule has 1 atom stereocenters. The number of aryl methyl sites for hydroxylation is 1. The number of aromatic nitrogens is 2. The van der Waals surface area contributed by atoms with Gasteiger partial charge in [0.25, 0.3) is 0 Å². The van der Waals surface area contributed by atoms with Gasteiger partial charge in [-0.1, -0.05) is 13.8 Å². The summed E-state index contributed by atoms with van der Waals surface area (Å²) in [5.74, 6) is 1.29. The Kier molecular flexibility index (Phi) is 3.92. The van der Waals surface area contributed by atoms with Gasteiger partial charge >= 0.3 is 5.97 Å². The van der Waals surface area contributed by atoms with Crippen molar-refractivity contribution in [3.05, 3.63) is 18.0 Å². The normalized spacial score (nSPS) is 15.0. The van der Waals surface area contributed by atoms with E-state index in [2.05, 4.69) is 11.9 Å². The lowest BCUT2D eigenvalue weighted by atomic mass is 10.2. The van der Waals surface area contributed by atoms with E-state index in [0.717, 1.165) is 29.7 Å². The lowest BCUT2D eigenvalue weighted by Crippen LogP contribution is -2.20. The summed E-state index contributed by atoms with van der Waals surface area (Å²) in [6, 6.07) is 3.07. The molecule has 1 aromatic heterocycles. The zero-order chi connectivity index (χ0) is 15.7. The van der Waals surface area contributed by atoms with E-state index >= 15 is 0 Å². The van der Waals surface area contributed by atoms with Crippen LogP contribution in [0.2, 0.25) is 0 Å². The maximum atomic E-state index is 11.6. The monoisotopic (exact) mass is 304 g/mol. The Morgan fingerprint density at radius 2 is 2.00 bits per heavy atom. The largest absolute Gasteiger partial charge is 0.486 e. The molecule has 0 saturated carbocycles. The molecule has 0 radical (unpaired) electrons. The number of aliphatic carboxylic acids is 1. The number of hydrogen-bond acceptors (Lipinski definition) is 4. The Hall–Kier alpha value is -2.24. The first-order chi connectivity index (χ1) is 10.7. The fourth-order valence-corrected chi connectivity index (χ4v) is 2.90. The van der Waals surface area contributed by atoms with Crippen LogP contribution < -0.4 is 9.47 Å². The van der Waals surface area contributed by atoms with Gasteiger partial charge < -0.3 is 19.1 Å². The van der Waals surface area contributed by atoms with Gasteiger partial charge in [-0.25, -0.2) is 9.78 Å².